The maximum absolute atomic E-state index is 11.5. The van der Waals surface area contributed by atoms with Crippen LogP contribution in [-0.4, -0.2) is 37.0 Å². The molecule has 0 bridgehead atoms. The molecular weight excluding hydrogens is 276 g/mol. The maximum Gasteiger partial charge on any atom is 0.237 e. The summed E-state index contributed by atoms with van der Waals surface area (Å²) in [5.74, 6) is 5.26. The molecule has 1 aliphatic rings. The number of hydrogen-bond donors (Lipinski definition) is 2. The first-order valence-corrected chi connectivity index (χ1v) is 8.24. The minimum absolute atomic E-state index is 0.0248. The smallest absolute Gasteiger partial charge is 0.237 e. The first-order valence-electron chi connectivity index (χ1n) is 8.24. The molecule has 3 N–H and O–H groups in total. The fourth-order valence-electron chi connectivity index (χ4n) is 3.13. The summed E-state index contributed by atoms with van der Waals surface area (Å²) in [7, 11) is 0. The second-order valence-electron chi connectivity index (χ2n) is 5.90. The summed E-state index contributed by atoms with van der Waals surface area (Å²) in [6.07, 6.45) is 1.78. The van der Waals surface area contributed by atoms with Crippen LogP contribution in [0.5, 0.6) is 0 Å². The highest BCUT2D eigenvalue weighted by Gasteiger charge is 2.24. The number of rotatable bonds is 6. The van der Waals surface area contributed by atoms with Crippen LogP contribution in [0.15, 0.2) is 24.3 Å². The van der Waals surface area contributed by atoms with Crippen LogP contribution in [0.1, 0.15) is 32.3 Å². The van der Waals surface area contributed by atoms with Crippen LogP contribution in [0.25, 0.3) is 0 Å². The molecule has 0 aromatic heterocycles. The molecular formula is C17H28N4O. The van der Waals surface area contributed by atoms with Crippen molar-refractivity contribution in [1.82, 2.24) is 10.3 Å². The lowest BCUT2D eigenvalue weighted by Crippen LogP contribution is -2.42. The Labute approximate surface area is 133 Å². The molecule has 1 aliphatic heterocycles. The molecule has 122 valence electrons. The van der Waals surface area contributed by atoms with Crippen LogP contribution in [-0.2, 0) is 11.3 Å². The molecule has 0 radical (unpaired) electrons. The third kappa shape index (κ3) is 4.21. The van der Waals surface area contributed by atoms with Gasteiger partial charge in [-0.25, -0.2) is 5.84 Å². The summed E-state index contributed by atoms with van der Waals surface area (Å²) >= 11 is 0. The number of nitrogens with one attached hydrogen (secondary N) is 1. The molecule has 1 amide bonds. The molecule has 1 fully saturated rings. The van der Waals surface area contributed by atoms with E-state index >= 15 is 0 Å². The quantitative estimate of drug-likeness (QED) is 0.477. The van der Waals surface area contributed by atoms with Crippen LogP contribution < -0.4 is 16.2 Å². The lowest BCUT2D eigenvalue weighted by atomic mass is 9.96. The second kappa shape index (κ2) is 8.15. The minimum Gasteiger partial charge on any atom is -0.372 e. The zero-order valence-corrected chi connectivity index (χ0v) is 13.7. The van der Waals surface area contributed by atoms with Gasteiger partial charge in [-0.1, -0.05) is 12.1 Å². The third-order valence-electron chi connectivity index (χ3n) is 4.57. The van der Waals surface area contributed by atoms with E-state index in [1.807, 2.05) is 0 Å². The van der Waals surface area contributed by atoms with E-state index in [-0.39, 0.29) is 11.8 Å². The fourth-order valence-corrected chi connectivity index (χ4v) is 3.13. The average Bonchev–Trinajstić information content (AvgIpc) is 2.57. The van der Waals surface area contributed by atoms with Crippen LogP contribution >= 0.6 is 0 Å². The number of likely N-dealkylation sites (tertiary alicyclic amines) is 1. The number of anilines is 1. The lowest BCUT2D eigenvalue weighted by Gasteiger charge is -2.31. The van der Waals surface area contributed by atoms with Gasteiger partial charge in [0, 0.05) is 31.2 Å². The molecule has 22 heavy (non-hydrogen) atoms. The monoisotopic (exact) mass is 304 g/mol. The summed E-state index contributed by atoms with van der Waals surface area (Å²) in [5, 5.41) is 0. The number of carbonyl (C=O) groups excluding carboxylic acids is 1. The Kier molecular flexibility index (Phi) is 6.21. The number of nitrogens with two attached hydrogens (primary N) is 1. The number of amides is 1. The summed E-state index contributed by atoms with van der Waals surface area (Å²) in [6.45, 7) is 9.29. The zero-order chi connectivity index (χ0) is 15.9. The Morgan fingerprint density at radius 1 is 1.23 bits per heavy atom. The van der Waals surface area contributed by atoms with Crippen LogP contribution in [0, 0.1) is 5.92 Å². The first-order chi connectivity index (χ1) is 10.7. The fraction of sp³-hybridized carbons (Fsp3) is 0.588. The Balaban J connectivity index is 1.86. The summed E-state index contributed by atoms with van der Waals surface area (Å²) in [4.78, 5) is 16.3. The molecule has 0 unspecified atom stereocenters. The summed E-state index contributed by atoms with van der Waals surface area (Å²) in [6, 6.07) is 8.84. The van der Waals surface area contributed by atoms with Crippen molar-refractivity contribution in [2.24, 2.45) is 11.8 Å². The third-order valence-corrected chi connectivity index (χ3v) is 4.57. The standard InChI is InChI=1S/C17H28N4O/c1-3-21(4-2)16-7-5-14(6-8-16)13-20-11-9-15(10-12-20)17(22)19-18/h5-8,15H,3-4,9-13,18H2,1-2H3,(H,19,22). The van der Waals surface area contributed by atoms with E-state index in [1.54, 1.807) is 0 Å². The summed E-state index contributed by atoms with van der Waals surface area (Å²) < 4.78 is 0. The average molecular weight is 304 g/mol. The number of carbonyl (C=O) groups is 1. The van der Waals surface area contributed by atoms with E-state index in [0.717, 1.165) is 45.6 Å². The van der Waals surface area contributed by atoms with Crippen molar-refractivity contribution < 1.29 is 4.79 Å². The normalized spacial score (nSPS) is 16.5. The molecule has 0 atom stereocenters. The van der Waals surface area contributed by atoms with Crippen molar-refractivity contribution in [2.45, 2.75) is 33.2 Å². The van der Waals surface area contributed by atoms with Gasteiger partial charge in [-0.05, 0) is 57.5 Å². The van der Waals surface area contributed by atoms with E-state index < -0.39 is 0 Å². The highest BCUT2D eigenvalue weighted by Crippen LogP contribution is 2.20. The van der Waals surface area contributed by atoms with Gasteiger partial charge in [0.1, 0.15) is 0 Å². The molecule has 0 saturated carbocycles. The SMILES string of the molecule is CCN(CC)c1ccc(CN2CCC(C(=O)NN)CC2)cc1. The van der Waals surface area contributed by atoms with Gasteiger partial charge in [-0.2, -0.15) is 0 Å². The number of nitrogens with zero attached hydrogens (tertiary/aromatic N) is 2. The Morgan fingerprint density at radius 3 is 2.32 bits per heavy atom. The first kappa shape index (κ1) is 16.8. The predicted molar refractivity (Wildman–Crippen MR) is 90.3 cm³/mol. The van der Waals surface area contributed by atoms with Gasteiger partial charge in [0.15, 0.2) is 0 Å². The van der Waals surface area contributed by atoms with Gasteiger partial charge < -0.3 is 4.90 Å². The largest absolute Gasteiger partial charge is 0.372 e. The van der Waals surface area contributed by atoms with Gasteiger partial charge >= 0.3 is 0 Å². The lowest BCUT2D eigenvalue weighted by molar-refractivity contribution is -0.126. The zero-order valence-electron chi connectivity index (χ0n) is 13.7. The molecule has 2 rings (SSSR count). The van der Waals surface area contributed by atoms with Crippen LogP contribution in [0.4, 0.5) is 5.69 Å². The second-order valence-corrected chi connectivity index (χ2v) is 5.90. The van der Waals surface area contributed by atoms with Crippen molar-refractivity contribution in [3.63, 3.8) is 0 Å². The molecule has 1 aromatic rings. The maximum atomic E-state index is 11.5. The molecule has 1 saturated heterocycles. The highest BCUT2D eigenvalue weighted by atomic mass is 16.2. The van der Waals surface area contributed by atoms with Crippen LogP contribution in [0.3, 0.4) is 0 Å². The van der Waals surface area contributed by atoms with Gasteiger partial charge in [0.05, 0.1) is 0 Å². The molecule has 1 heterocycles. The van der Waals surface area contributed by atoms with Crippen LogP contribution in [0.2, 0.25) is 0 Å². The van der Waals surface area contributed by atoms with Gasteiger partial charge in [-0.15, -0.1) is 0 Å². The number of hydrazine groups is 1. The van der Waals surface area contributed by atoms with Crippen molar-refractivity contribution in [1.29, 1.82) is 0 Å². The summed E-state index contributed by atoms with van der Waals surface area (Å²) in [5.41, 5.74) is 4.88. The Bertz CT molecular complexity index is 462. The number of piperidine rings is 1. The Morgan fingerprint density at radius 2 is 1.82 bits per heavy atom. The van der Waals surface area contributed by atoms with Gasteiger partial charge in [0.25, 0.3) is 0 Å². The van der Waals surface area contributed by atoms with E-state index in [2.05, 4.69) is 53.3 Å². The van der Waals surface area contributed by atoms with Crippen molar-refractivity contribution in [3.8, 4) is 0 Å². The molecule has 5 heteroatoms. The number of benzene rings is 1. The molecule has 0 aliphatic carbocycles. The van der Waals surface area contributed by atoms with Crippen molar-refractivity contribution in [2.75, 3.05) is 31.1 Å². The van der Waals surface area contributed by atoms with Gasteiger partial charge in [-0.3, -0.25) is 15.1 Å². The van der Waals surface area contributed by atoms with E-state index in [9.17, 15) is 4.79 Å². The van der Waals surface area contributed by atoms with Crippen molar-refractivity contribution in [3.05, 3.63) is 29.8 Å². The molecule has 1 aromatic carbocycles. The predicted octanol–water partition coefficient (Wildman–Crippen LogP) is 1.73. The number of hydrogen-bond acceptors (Lipinski definition) is 4. The van der Waals surface area contributed by atoms with Crippen molar-refractivity contribution >= 4 is 11.6 Å². The Hall–Kier alpha value is -1.59. The van der Waals surface area contributed by atoms with E-state index in [1.165, 1.54) is 11.3 Å². The topological polar surface area (TPSA) is 61.6 Å². The van der Waals surface area contributed by atoms with Gasteiger partial charge in [0.2, 0.25) is 5.91 Å². The molecule has 5 nitrogen and oxygen atoms in total. The minimum atomic E-state index is -0.0248. The van der Waals surface area contributed by atoms with E-state index in [4.69, 9.17) is 5.84 Å². The highest BCUT2D eigenvalue weighted by molar-refractivity contribution is 5.78. The van der Waals surface area contributed by atoms with E-state index in [0.29, 0.717) is 0 Å². The molecule has 0 spiro atoms.